The number of hydrogen-bond acceptors (Lipinski definition) is 5. The van der Waals surface area contributed by atoms with Gasteiger partial charge in [0.15, 0.2) is 0 Å². The number of fused-ring (bicyclic) bond motifs is 1. The van der Waals surface area contributed by atoms with Crippen molar-refractivity contribution < 1.29 is 4.74 Å². The van der Waals surface area contributed by atoms with E-state index in [9.17, 15) is 0 Å². The molecule has 0 spiro atoms. The molecule has 0 saturated carbocycles. The van der Waals surface area contributed by atoms with Crippen LogP contribution in [-0.4, -0.2) is 41.3 Å². The molecule has 7 heteroatoms. The second-order valence-electron chi connectivity index (χ2n) is 5.38. The van der Waals surface area contributed by atoms with E-state index in [2.05, 4.69) is 33.3 Å². The monoisotopic (exact) mass is 328 g/mol. The van der Waals surface area contributed by atoms with Crippen LogP contribution in [-0.2, 0) is 4.74 Å². The Morgan fingerprint density at radius 3 is 2.52 bits per heavy atom. The lowest BCUT2D eigenvalue weighted by molar-refractivity contribution is 0.122. The highest BCUT2D eigenvalue weighted by Crippen LogP contribution is 2.24. The molecule has 1 aromatic heterocycles. The first-order valence-electron chi connectivity index (χ1n) is 7.38. The highest BCUT2D eigenvalue weighted by atomic mass is 35.5. The minimum Gasteiger partial charge on any atom is -0.398 e. The van der Waals surface area contributed by atoms with Gasteiger partial charge < -0.3 is 15.4 Å². The van der Waals surface area contributed by atoms with E-state index in [0.29, 0.717) is 21.7 Å². The average molecular weight is 329 g/mol. The summed E-state index contributed by atoms with van der Waals surface area (Å²) in [4.78, 5) is 3.85. The zero-order valence-corrected chi connectivity index (χ0v) is 13.1. The lowest BCUT2D eigenvalue weighted by Gasteiger charge is -2.28. The van der Waals surface area contributed by atoms with Crippen LogP contribution in [0.4, 0.5) is 11.4 Å². The summed E-state index contributed by atoms with van der Waals surface area (Å²) >= 11 is 6.16. The number of hydrogen-bond donors (Lipinski definition) is 1. The van der Waals surface area contributed by atoms with Crippen LogP contribution in [0.3, 0.4) is 0 Å². The van der Waals surface area contributed by atoms with E-state index in [1.54, 1.807) is 10.9 Å². The minimum atomic E-state index is 0.456. The summed E-state index contributed by atoms with van der Waals surface area (Å²) in [6.07, 6.45) is 0. The molecule has 0 aliphatic carbocycles. The molecule has 117 valence electrons. The summed E-state index contributed by atoms with van der Waals surface area (Å²) in [6, 6.07) is 12.7. The third kappa shape index (κ3) is 2.71. The van der Waals surface area contributed by atoms with Crippen LogP contribution in [0.5, 0.6) is 0 Å². The van der Waals surface area contributed by atoms with Gasteiger partial charge in [-0.1, -0.05) is 11.6 Å². The zero-order valence-electron chi connectivity index (χ0n) is 12.4. The Morgan fingerprint density at radius 2 is 1.78 bits per heavy atom. The van der Waals surface area contributed by atoms with Crippen molar-refractivity contribution in [3.8, 4) is 5.69 Å². The smallest absolute Gasteiger partial charge is 0.133 e. The Morgan fingerprint density at radius 1 is 1.09 bits per heavy atom. The van der Waals surface area contributed by atoms with Crippen molar-refractivity contribution in [2.24, 2.45) is 0 Å². The maximum Gasteiger partial charge on any atom is 0.133 e. The molecule has 1 saturated heterocycles. The molecule has 1 radical (unpaired) electrons. The van der Waals surface area contributed by atoms with Crippen molar-refractivity contribution in [1.82, 2.24) is 15.0 Å². The van der Waals surface area contributed by atoms with Crippen molar-refractivity contribution in [3.05, 3.63) is 41.4 Å². The van der Waals surface area contributed by atoms with Crippen LogP contribution in [0, 0.1) is 6.07 Å². The van der Waals surface area contributed by atoms with Gasteiger partial charge in [0.1, 0.15) is 11.0 Å². The number of morpholine rings is 1. The molecule has 0 unspecified atom stereocenters. The highest BCUT2D eigenvalue weighted by Gasteiger charge is 2.12. The number of ether oxygens (including phenoxy) is 1. The summed E-state index contributed by atoms with van der Waals surface area (Å²) in [6.45, 7) is 3.35. The Labute approximate surface area is 138 Å². The largest absolute Gasteiger partial charge is 0.398 e. The normalized spacial score (nSPS) is 15.3. The van der Waals surface area contributed by atoms with Crippen LogP contribution in [0.25, 0.3) is 16.7 Å². The van der Waals surface area contributed by atoms with E-state index in [4.69, 9.17) is 22.1 Å². The van der Waals surface area contributed by atoms with Gasteiger partial charge in [0.2, 0.25) is 0 Å². The molecular formula is C16H15ClN5O. The fraction of sp³-hybridized carbons (Fsp3) is 0.250. The Kier molecular flexibility index (Phi) is 3.55. The van der Waals surface area contributed by atoms with Gasteiger partial charge >= 0.3 is 0 Å². The van der Waals surface area contributed by atoms with Gasteiger partial charge in [-0.25, -0.2) is 0 Å². The summed E-state index contributed by atoms with van der Waals surface area (Å²) in [5.74, 6) is 0. The van der Waals surface area contributed by atoms with Crippen LogP contribution >= 0.6 is 11.6 Å². The van der Waals surface area contributed by atoms with Crippen LogP contribution in [0.2, 0.25) is 5.02 Å². The number of nitrogens with two attached hydrogens (primary N) is 1. The molecule has 3 aromatic rings. The fourth-order valence-electron chi connectivity index (χ4n) is 2.66. The molecule has 1 aliphatic heterocycles. The van der Waals surface area contributed by atoms with Gasteiger partial charge in [-0.05, 0) is 30.3 Å². The third-order valence-corrected chi connectivity index (χ3v) is 4.13. The topological polar surface area (TPSA) is 69.2 Å². The predicted octanol–water partition coefficient (Wildman–Crippen LogP) is 2.29. The summed E-state index contributed by atoms with van der Waals surface area (Å²) in [7, 11) is 0. The maximum absolute atomic E-state index is 6.16. The number of nitrogen functional groups attached to an aromatic ring is 1. The molecule has 1 aliphatic rings. The number of halogens is 1. The van der Waals surface area contributed by atoms with E-state index >= 15 is 0 Å². The quantitative estimate of drug-likeness (QED) is 0.731. The van der Waals surface area contributed by atoms with Gasteiger partial charge in [-0.2, -0.15) is 4.80 Å². The minimum absolute atomic E-state index is 0.456. The molecule has 2 N–H and O–H groups in total. The molecule has 0 amide bonds. The van der Waals surface area contributed by atoms with E-state index in [-0.39, 0.29) is 0 Å². The average Bonchev–Trinajstić information content (AvgIpc) is 3.00. The molecule has 0 atom stereocenters. The Hall–Kier alpha value is -2.31. The van der Waals surface area contributed by atoms with Crippen molar-refractivity contribution in [3.63, 3.8) is 0 Å². The Bertz CT molecular complexity index is 840. The highest BCUT2D eigenvalue weighted by molar-refractivity contribution is 6.35. The molecule has 2 aromatic carbocycles. The van der Waals surface area contributed by atoms with Crippen molar-refractivity contribution in [1.29, 1.82) is 0 Å². The van der Waals surface area contributed by atoms with Gasteiger partial charge in [0.25, 0.3) is 0 Å². The number of aromatic nitrogens is 3. The lowest BCUT2D eigenvalue weighted by atomic mass is 10.2. The molecular weight excluding hydrogens is 314 g/mol. The van der Waals surface area contributed by atoms with E-state index < -0.39 is 0 Å². The third-order valence-electron chi connectivity index (χ3n) is 3.84. The van der Waals surface area contributed by atoms with Gasteiger partial charge in [0, 0.05) is 30.5 Å². The zero-order chi connectivity index (χ0) is 15.8. The second kappa shape index (κ2) is 5.72. The predicted molar refractivity (Wildman–Crippen MR) is 90.2 cm³/mol. The molecule has 4 rings (SSSR count). The van der Waals surface area contributed by atoms with E-state index in [1.807, 2.05) is 12.1 Å². The summed E-state index contributed by atoms with van der Waals surface area (Å²) in [5, 5.41) is 9.30. The van der Waals surface area contributed by atoms with Gasteiger partial charge in [0.05, 0.1) is 23.9 Å². The van der Waals surface area contributed by atoms with Crippen LogP contribution < -0.4 is 10.6 Å². The number of benzene rings is 2. The standard InChI is InChI=1S/C16H15ClN5O/c17-14-9-11(18)10-15-16(14)20-22(19-15)13-3-1-12(2-4-13)21-5-7-23-8-6-21/h1-4,9H,5-8,18H2. The molecule has 2 heterocycles. The van der Waals surface area contributed by atoms with Gasteiger partial charge in [-0.3, -0.25) is 0 Å². The number of nitrogens with zero attached hydrogens (tertiary/aromatic N) is 4. The maximum atomic E-state index is 6.16. The Balaban J connectivity index is 1.66. The van der Waals surface area contributed by atoms with Crippen LogP contribution in [0.15, 0.2) is 30.3 Å². The fourth-order valence-corrected chi connectivity index (χ4v) is 2.91. The van der Waals surface area contributed by atoms with Crippen molar-refractivity contribution in [2.45, 2.75) is 0 Å². The number of rotatable bonds is 2. The van der Waals surface area contributed by atoms with Crippen molar-refractivity contribution in [2.75, 3.05) is 36.9 Å². The van der Waals surface area contributed by atoms with Gasteiger partial charge in [-0.15, -0.1) is 10.2 Å². The number of anilines is 2. The van der Waals surface area contributed by atoms with E-state index in [0.717, 1.165) is 32.0 Å². The summed E-state index contributed by atoms with van der Waals surface area (Å²) < 4.78 is 5.38. The molecule has 23 heavy (non-hydrogen) atoms. The molecule has 0 bridgehead atoms. The van der Waals surface area contributed by atoms with Crippen LogP contribution in [0.1, 0.15) is 0 Å². The first-order valence-corrected chi connectivity index (χ1v) is 7.76. The molecule has 6 nitrogen and oxygen atoms in total. The SMILES string of the molecule is Nc1[c]c2nn(-c3ccc(N4CCOCC4)cc3)nc2c(Cl)c1. The first kappa shape index (κ1) is 14.3. The second-order valence-corrected chi connectivity index (χ2v) is 5.78. The summed E-state index contributed by atoms with van der Waals surface area (Å²) in [5.41, 5.74) is 9.39. The van der Waals surface area contributed by atoms with Crippen molar-refractivity contribution >= 4 is 34.0 Å². The molecule has 1 fully saturated rings. The van der Waals surface area contributed by atoms with E-state index in [1.165, 1.54) is 5.69 Å². The first-order chi connectivity index (χ1) is 11.2. The lowest BCUT2D eigenvalue weighted by Crippen LogP contribution is -2.36.